The molecule has 1 heterocycles. The number of aryl methyl sites for hydroxylation is 1. The van der Waals surface area contributed by atoms with Gasteiger partial charge in [0.25, 0.3) is 0 Å². The molecule has 0 amide bonds. The molecule has 0 bridgehead atoms. The second-order valence-corrected chi connectivity index (χ2v) is 5.62. The minimum atomic E-state index is -5.01. The molecule has 1 aromatic heterocycles. The maximum atomic E-state index is 13.2. The van der Waals surface area contributed by atoms with Gasteiger partial charge in [-0.3, -0.25) is 0 Å². The third-order valence-corrected chi connectivity index (χ3v) is 3.63. The quantitative estimate of drug-likeness (QED) is 0.395. The number of rotatable bonds is 4. The van der Waals surface area contributed by atoms with E-state index in [2.05, 4.69) is 21.9 Å². The topological polar surface area (TPSA) is 37.8 Å². The zero-order valence-corrected chi connectivity index (χ0v) is 14.0. The monoisotopic (exact) mass is 395 g/mol. The van der Waals surface area contributed by atoms with E-state index in [0.717, 1.165) is 0 Å². The van der Waals surface area contributed by atoms with Gasteiger partial charge in [-0.1, -0.05) is 17.7 Å². The fourth-order valence-corrected chi connectivity index (χ4v) is 2.47. The molecule has 0 aliphatic rings. The Kier molecular flexibility index (Phi) is 5.50. The summed E-state index contributed by atoms with van der Waals surface area (Å²) in [5, 5.41) is 2.44. The molecule has 140 valence electrons. The molecule has 1 aromatic carbocycles. The summed E-state index contributed by atoms with van der Waals surface area (Å²) in [4.78, 5) is 7.91. The number of aromatic nitrogens is 2. The van der Waals surface area contributed by atoms with Crippen molar-refractivity contribution < 1.29 is 26.3 Å². The summed E-state index contributed by atoms with van der Waals surface area (Å²) in [5.74, 6) is 0.151. The van der Waals surface area contributed by atoms with Gasteiger partial charge < -0.3 is 5.32 Å². The van der Waals surface area contributed by atoms with Gasteiger partial charge in [0.05, 0.1) is 16.8 Å². The minimum Gasteiger partial charge on any atom is -0.339 e. The van der Waals surface area contributed by atoms with Crippen LogP contribution in [-0.4, -0.2) is 9.97 Å². The maximum absolute atomic E-state index is 13.2. The molecule has 26 heavy (non-hydrogen) atoms. The lowest BCUT2D eigenvalue weighted by Crippen LogP contribution is -2.14. The van der Waals surface area contributed by atoms with Crippen molar-refractivity contribution in [2.75, 3.05) is 5.32 Å². The molecule has 1 N–H and O–H groups in total. The Labute approximate surface area is 149 Å². The van der Waals surface area contributed by atoms with Gasteiger partial charge >= 0.3 is 12.4 Å². The molecule has 0 aliphatic heterocycles. The first kappa shape index (κ1) is 20.0. The molecule has 0 unspecified atom stereocenters. The van der Waals surface area contributed by atoms with E-state index in [9.17, 15) is 26.3 Å². The lowest BCUT2D eigenvalue weighted by Gasteiger charge is -2.18. The first-order valence-electron chi connectivity index (χ1n) is 7.13. The predicted molar refractivity (Wildman–Crippen MR) is 85.4 cm³/mol. The zero-order valence-electron chi connectivity index (χ0n) is 13.3. The summed E-state index contributed by atoms with van der Waals surface area (Å²) in [6.07, 6.45) is -8.30. The summed E-state index contributed by atoms with van der Waals surface area (Å²) in [7, 11) is 0. The van der Waals surface area contributed by atoms with Crippen LogP contribution in [0.25, 0.3) is 0 Å². The Morgan fingerprint density at radius 3 is 2.31 bits per heavy atom. The molecule has 0 saturated carbocycles. The van der Waals surface area contributed by atoms with E-state index in [1.165, 1.54) is 13.0 Å². The van der Waals surface area contributed by atoms with Crippen molar-refractivity contribution in [1.82, 2.24) is 9.97 Å². The van der Waals surface area contributed by atoms with Gasteiger partial charge in [0.15, 0.2) is 0 Å². The largest absolute Gasteiger partial charge is 0.418 e. The second kappa shape index (κ2) is 7.14. The van der Waals surface area contributed by atoms with Gasteiger partial charge in [0, 0.05) is 5.56 Å². The lowest BCUT2D eigenvalue weighted by molar-refractivity contribution is -0.142. The first-order chi connectivity index (χ1) is 11.9. The number of nitrogens with one attached hydrogen (secondary N) is 1. The van der Waals surface area contributed by atoms with Crippen LogP contribution < -0.4 is 5.32 Å². The summed E-state index contributed by atoms with van der Waals surface area (Å²) < 4.78 is 78.0. The van der Waals surface area contributed by atoms with Crippen molar-refractivity contribution >= 4 is 23.1 Å². The van der Waals surface area contributed by atoms with Crippen molar-refractivity contribution in [2.24, 2.45) is 0 Å². The highest BCUT2D eigenvalue weighted by molar-refractivity contribution is 6.30. The average Bonchev–Trinajstić information content (AvgIpc) is 2.49. The van der Waals surface area contributed by atoms with Gasteiger partial charge in [-0.2, -0.15) is 26.3 Å². The molecular formula is C16H12ClF6N3. The molecule has 0 spiro atoms. The number of alkyl halides is 6. The summed E-state index contributed by atoms with van der Waals surface area (Å²) in [6, 6.07) is 1.31. The van der Waals surface area contributed by atoms with Crippen LogP contribution in [0.4, 0.5) is 37.8 Å². The van der Waals surface area contributed by atoms with Crippen molar-refractivity contribution in [1.29, 1.82) is 0 Å². The number of benzene rings is 1. The number of halogens is 7. The van der Waals surface area contributed by atoms with Crippen LogP contribution >= 0.6 is 11.6 Å². The van der Waals surface area contributed by atoms with E-state index >= 15 is 0 Å². The fourth-order valence-electron chi connectivity index (χ4n) is 2.18. The maximum Gasteiger partial charge on any atom is 0.418 e. The molecule has 0 atom stereocenters. The van der Waals surface area contributed by atoms with Gasteiger partial charge in [0.1, 0.15) is 16.8 Å². The normalized spacial score (nSPS) is 12.2. The highest BCUT2D eigenvalue weighted by Gasteiger charge is 2.38. The summed E-state index contributed by atoms with van der Waals surface area (Å²) >= 11 is 5.98. The van der Waals surface area contributed by atoms with Crippen molar-refractivity contribution in [3.63, 3.8) is 0 Å². The highest BCUT2D eigenvalue weighted by Crippen LogP contribution is 2.40. The van der Waals surface area contributed by atoms with Crippen LogP contribution in [0.3, 0.4) is 0 Å². The average molecular weight is 396 g/mol. The van der Waals surface area contributed by atoms with Crippen LogP contribution in [0.1, 0.15) is 22.5 Å². The van der Waals surface area contributed by atoms with Gasteiger partial charge in [-0.25, -0.2) is 9.97 Å². The molecule has 3 nitrogen and oxygen atoms in total. The van der Waals surface area contributed by atoms with E-state index in [-0.39, 0.29) is 34.8 Å². The zero-order chi connectivity index (χ0) is 19.7. The smallest absolute Gasteiger partial charge is 0.339 e. The Morgan fingerprint density at radius 2 is 1.77 bits per heavy atom. The summed E-state index contributed by atoms with van der Waals surface area (Å²) in [5.41, 5.74) is -3.17. The van der Waals surface area contributed by atoms with Crippen LogP contribution in [0.5, 0.6) is 0 Å². The number of nitrogens with zero attached hydrogens (tertiary/aromatic N) is 2. The fraction of sp³-hybridized carbons (Fsp3) is 0.250. The number of hydrogen-bond acceptors (Lipinski definition) is 3. The van der Waals surface area contributed by atoms with E-state index in [1.54, 1.807) is 0 Å². The van der Waals surface area contributed by atoms with Crippen molar-refractivity contribution in [2.45, 2.75) is 25.7 Å². The predicted octanol–water partition coefficient (Wildman–Crippen LogP) is 5.95. The molecular weight excluding hydrogens is 384 g/mol. The van der Waals surface area contributed by atoms with Crippen LogP contribution in [0, 0.1) is 6.92 Å². The van der Waals surface area contributed by atoms with Gasteiger partial charge in [-0.05, 0) is 31.5 Å². The van der Waals surface area contributed by atoms with Crippen molar-refractivity contribution in [3.05, 3.63) is 58.5 Å². The summed E-state index contributed by atoms with van der Waals surface area (Å²) in [6.45, 7) is 4.99. The van der Waals surface area contributed by atoms with Crippen LogP contribution in [0.15, 0.2) is 30.9 Å². The molecule has 0 aliphatic carbocycles. The Hall–Kier alpha value is -2.29. The van der Waals surface area contributed by atoms with Crippen LogP contribution in [0.2, 0.25) is 5.15 Å². The SMILES string of the molecule is C=CCc1c(Cl)nc(C)nc1Nc1ccc(C(F)(F)F)cc1C(F)(F)F. The second-order valence-electron chi connectivity index (χ2n) is 5.26. The van der Waals surface area contributed by atoms with E-state index in [1.807, 2.05) is 0 Å². The first-order valence-corrected chi connectivity index (χ1v) is 7.50. The van der Waals surface area contributed by atoms with Gasteiger partial charge in [-0.15, -0.1) is 6.58 Å². The van der Waals surface area contributed by atoms with E-state index in [0.29, 0.717) is 12.1 Å². The van der Waals surface area contributed by atoms with Gasteiger partial charge in [0.2, 0.25) is 0 Å². The Bertz CT molecular complexity index is 830. The molecule has 0 saturated heterocycles. The third kappa shape index (κ3) is 4.46. The van der Waals surface area contributed by atoms with Crippen molar-refractivity contribution in [3.8, 4) is 0 Å². The molecule has 2 aromatic rings. The molecule has 10 heteroatoms. The Balaban J connectivity index is 2.58. The number of anilines is 2. The molecule has 0 fully saturated rings. The Morgan fingerprint density at radius 1 is 1.12 bits per heavy atom. The molecule has 2 rings (SSSR count). The lowest BCUT2D eigenvalue weighted by atomic mass is 10.1. The number of hydrogen-bond donors (Lipinski definition) is 1. The number of allylic oxidation sites excluding steroid dienone is 1. The van der Waals surface area contributed by atoms with E-state index < -0.39 is 29.2 Å². The van der Waals surface area contributed by atoms with Crippen LogP contribution in [-0.2, 0) is 18.8 Å². The molecule has 0 radical (unpaired) electrons. The standard InChI is InChI=1S/C16H12ClF6N3/c1-3-4-10-13(17)24-8(2)25-14(10)26-12-6-5-9(15(18,19)20)7-11(12)16(21,22)23/h3,5-7H,1,4H2,2H3,(H,24,25,26). The third-order valence-electron chi connectivity index (χ3n) is 3.32. The highest BCUT2D eigenvalue weighted by atomic mass is 35.5. The minimum absolute atomic E-state index is 0.0142. The van der Waals surface area contributed by atoms with E-state index in [4.69, 9.17) is 11.6 Å².